The molecule has 0 bridgehead atoms. The molecule has 0 spiro atoms. The van der Waals surface area contributed by atoms with Crippen LogP contribution >= 0.6 is 23.2 Å². The fourth-order valence-corrected chi connectivity index (χ4v) is 2.21. The van der Waals surface area contributed by atoms with E-state index in [1.54, 1.807) is 6.07 Å². The molecule has 0 aliphatic carbocycles. The van der Waals surface area contributed by atoms with E-state index >= 15 is 0 Å². The lowest BCUT2D eigenvalue weighted by molar-refractivity contribution is -0.140. The number of rotatable bonds is 3. The largest absolute Gasteiger partial charge is 0.352 e. The van der Waals surface area contributed by atoms with Gasteiger partial charge in [0.05, 0.1) is 22.8 Å². The fourth-order valence-electron chi connectivity index (χ4n) is 1.90. The Morgan fingerprint density at radius 3 is 2.71 bits per heavy atom. The Bertz CT molecular complexity index is 395. The minimum absolute atomic E-state index is 0.0416. The van der Waals surface area contributed by atoms with Gasteiger partial charge in [-0.1, -0.05) is 36.2 Å². The molecule has 1 aliphatic rings. The summed E-state index contributed by atoms with van der Waals surface area (Å²) in [6, 6.07) is 5.56. The summed E-state index contributed by atoms with van der Waals surface area (Å²) in [4.78, 5) is 0. The van der Waals surface area contributed by atoms with Gasteiger partial charge in [-0.3, -0.25) is 0 Å². The summed E-state index contributed by atoms with van der Waals surface area (Å²) >= 11 is 11.9. The van der Waals surface area contributed by atoms with Crippen molar-refractivity contribution in [2.24, 2.45) is 5.92 Å². The zero-order valence-corrected chi connectivity index (χ0v) is 11.5. The Kier molecular flexibility index (Phi) is 4.31. The Labute approximate surface area is 112 Å². The number of benzene rings is 1. The molecule has 1 aromatic rings. The summed E-state index contributed by atoms with van der Waals surface area (Å²) in [5, 5.41) is 1.12. The molecule has 0 amide bonds. The van der Waals surface area contributed by atoms with E-state index in [-0.39, 0.29) is 12.4 Å². The van der Waals surface area contributed by atoms with Gasteiger partial charge in [0.15, 0.2) is 6.29 Å². The molecule has 4 heteroatoms. The van der Waals surface area contributed by atoms with Gasteiger partial charge in [-0.05, 0) is 30.5 Å². The van der Waals surface area contributed by atoms with Crippen molar-refractivity contribution in [2.75, 3.05) is 6.61 Å². The number of ether oxygens (including phenoxy) is 2. The van der Waals surface area contributed by atoms with Gasteiger partial charge >= 0.3 is 0 Å². The molecule has 0 radical (unpaired) electrons. The first-order chi connectivity index (χ1) is 8.06. The van der Waals surface area contributed by atoms with E-state index in [2.05, 4.69) is 6.92 Å². The van der Waals surface area contributed by atoms with Crippen LogP contribution in [-0.4, -0.2) is 12.9 Å². The molecule has 0 aromatic heterocycles. The molecule has 1 heterocycles. The highest BCUT2D eigenvalue weighted by Gasteiger charge is 2.24. The fraction of sp³-hybridized carbons (Fsp3) is 0.538. The molecular weight excluding hydrogens is 259 g/mol. The normalized spacial score (nSPS) is 26.1. The second kappa shape index (κ2) is 5.57. The van der Waals surface area contributed by atoms with Crippen LogP contribution in [-0.2, 0) is 9.47 Å². The summed E-state index contributed by atoms with van der Waals surface area (Å²) in [6.07, 6.45) is 0.806. The molecule has 1 aliphatic heterocycles. The van der Waals surface area contributed by atoms with Crippen molar-refractivity contribution in [3.63, 3.8) is 0 Å². The quantitative estimate of drug-likeness (QED) is 0.811. The van der Waals surface area contributed by atoms with E-state index in [1.165, 1.54) is 0 Å². The maximum absolute atomic E-state index is 5.98. The number of halogens is 2. The third-order valence-electron chi connectivity index (χ3n) is 2.93. The van der Waals surface area contributed by atoms with E-state index in [1.807, 2.05) is 19.1 Å². The third-order valence-corrected chi connectivity index (χ3v) is 3.67. The van der Waals surface area contributed by atoms with Crippen LogP contribution in [0.15, 0.2) is 18.2 Å². The third kappa shape index (κ3) is 3.35. The van der Waals surface area contributed by atoms with Crippen LogP contribution in [0.4, 0.5) is 0 Å². The molecule has 1 saturated heterocycles. The van der Waals surface area contributed by atoms with Crippen molar-refractivity contribution >= 4 is 23.2 Å². The van der Waals surface area contributed by atoms with Crippen LogP contribution in [0.3, 0.4) is 0 Å². The van der Waals surface area contributed by atoms with Gasteiger partial charge in [0.25, 0.3) is 0 Å². The summed E-state index contributed by atoms with van der Waals surface area (Å²) < 4.78 is 11.4. The van der Waals surface area contributed by atoms with E-state index < -0.39 is 0 Å². The zero-order valence-electron chi connectivity index (χ0n) is 9.95. The molecule has 17 heavy (non-hydrogen) atoms. The van der Waals surface area contributed by atoms with Gasteiger partial charge < -0.3 is 9.47 Å². The van der Waals surface area contributed by atoms with Crippen molar-refractivity contribution in [1.82, 2.24) is 0 Å². The lowest BCUT2D eigenvalue weighted by atomic mass is 10.1. The van der Waals surface area contributed by atoms with Crippen molar-refractivity contribution in [2.45, 2.75) is 32.7 Å². The minimum atomic E-state index is -0.102. The molecule has 3 atom stereocenters. The average Bonchev–Trinajstić information content (AvgIpc) is 2.68. The van der Waals surface area contributed by atoms with Gasteiger partial charge in [-0.2, -0.15) is 0 Å². The smallest absolute Gasteiger partial charge is 0.158 e. The summed E-state index contributed by atoms with van der Waals surface area (Å²) in [5.41, 5.74) is 1.02. The molecule has 1 unspecified atom stereocenters. The predicted molar refractivity (Wildman–Crippen MR) is 69.5 cm³/mol. The Morgan fingerprint density at radius 2 is 2.12 bits per heavy atom. The molecule has 0 saturated carbocycles. The summed E-state index contributed by atoms with van der Waals surface area (Å²) in [6.45, 7) is 4.93. The van der Waals surface area contributed by atoms with E-state index in [0.29, 0.717) is 16.0 Å². The Morgan fingerprint density at radius 1 is 1.35 bits per heavy atom. The van der Waals surface area contributed by atoms with Crippen LogP contribution in [0.25, 0.3) is 0 Å². The molecule has 2 nitrogen and oxygen atoms in total. The first kappa shape index (κ1) is 13.2. The highest BCUT2D eigenvalue weighted by Crippen LogP contribution is 2.30. The van der Waals surface area contributed by atoms with Crippen LogP contribution < -0.4 is 0 Å². The van der Waals surface area contributed by atoms with Crippen molar-refractivity contribution < 1.29 is 9.47 Å². The first-order valence-electron chi connectivity index (χ1n) is 5.78. The lowest BCUT2D eigenvalue weighted by Crippen LogP contribution is -2.13. The van der Waals surface area contributed by atoms with Crippen molar-refractivity contribution in [1.29, 1.82) is 0 Å². The predicted octanol–water partition coefficient (Wildman–Crippen LogP) is 4.45. The molecular formula is C13H16Cl2O2. The van der Waals surface area contributed by atoms with Crippen LogP contribution in [0.5, 0.6) is 0 Å². The van der Waals surface area contributed by atoms with Crippen LogP contribution in [0, 0.1) is 5.92 Å². The van der Waals surface area contributed by atoms with E-state index in [0.717, 1.165) is 18.6 Å². The van der Waals surface area contributed by atoms with Gasteiger partial charge in [-0.15, -0.1) is 0 Å². The SMILES string of the molecule is C[C@H]1COC(O[C@H](C)c2ccc(Cl)c(Cl)c2)C1. The zero-order chi connectivity index (χ0) is 12.4. The maximum atomic E-state index is 5.98. The topological polar surface area (TPSA) is 18.5 Å². The average molecular weight is 275 g/mol. The van der Waals surface area contributed by atoms with Gasteiger partial charge in [0, 0.05) is 6.42 Å². The summed E-state index contributed by atoms with van der Waals surface area (Å²) in [7, 11) is 0. The molecule has 1 fully saturated rings. The number of hydrogen-bond donors (Lipinski definition) is 0. The monoisotopic (exact) mass is 274 g/mol. The maximum Gasteiger partial charge on any atom is 0.158 e. The standard InChI is InChI=1S/C13H16Cl2O2/c1-8-5-13(16-7-8)17-9(2)10-3-4-11(14)12(15)6-10/h3-4,6,8-9,13H,5,7H2,1-2H3/t8-,9-,13?/m1/s1. The molecule has 94 valence electrons. The Hall–Kier alpha value is -0.280. The first-order valence-corrected chi connectivity index (χ1v) is 6.54. The minimum Gasteiger partial charge on any atom is -0.352 e. The van der Waals surface area contributed by atoms with E-state index in [9.17, 15) is 0 Å². The molecule has 1 aromatic carbocycles. The van der Waals surface area contributed by atoms with Gasteiger partial charge in [-0.25, -0.2) is 0 Å². The second-order valence-electron chi connectivity index (χ2n) is 4.56. The molecule has 0 N–H and O–H groups in total. The van der Waals surface area contributed by atoms with Crippen molar-refractivity contribution in [3.8, 4) is 0 Å². The van der Waals surface area contributed by atoms with Crippen molar-refractivity contribution in [3.05, 3.63) is 33.8 Å². The van der Waals surface area contributed by atoms with Gasteiger partial charge in [0.2, 0.25) is 0 Å². The van der Waals surface area contributed by atoms with Crippen LogP contribution in [0.1, 0.15) is 31.9 Å². The van der Waals surface area contributed by atoms with Gasteiger partial charge in [0.1, 0.15) is 0 Å². The second-order valence-corrected chi connectivity index (χ2v) is 5.37. The van der Waals surface area contributed by atoms with E-state index in [4.69, 9.17) is 32.7 Å². The van der Waals surface area contributed by atoms with Crippen LogP contribution in [0.2, 0.25) is 10.0 Å². The highest BCUT2D eigenvalue weighted by molar-refractivity contribution is 6.42. The highest BCUT2D eigenvalue weighted by atomic mass is 35.5. The lowest BCUT2D eigenvalue weighted by Gasteiger charge is -2.18. The Balaban J connectivity index is 1.99. The molecule has 2 rings (SSSR count). The summed E-state index contributed by atoms with van der Waals surface area (Å²) in [5.74, 6) is 0.570. The number of hydrogen-bond acceptors (Lipinski definition) is 2.